The number of non-ortho nitro benzene ring substituents is 1. The molecule has 8 heteroatoms. The molecule has 0 amide bonds. The summed E-state index contributed by atoms with van der Waals surface area (Å²) < 4.78 is 10.1. The zero-order valence-corrected chi connectivity index (χ0v) is 12.1. The molecule has 0 aromatic heterocycles. The summed E-state index contributed by atoms with van der Waals surface area (Å²) in [6.07, 6.45) is 0. The van der Waals surface area contributed by atoms with Crippen LogP contribution in [0.1, 0.15) is 6.92 Å². The van der Waals surface area contributed by atoms with E-state index in [0.29, 0.717) is 0 Å². The third-order valence-corrected chi connectivity index (χ3v) is 3.14. The van der Waals surface area contributed by atoms with E-state index in [-0.39, 0.29) is 23.1 Å². The maximum atomic E-state index is 11.6. The molecule has 1 atom stereocenters. The zero-order valence-electron chi connectivity index (χ0n) is 11.3. The topological polar surface area (TPSA) is 90.7 Å². The number of likely N-dealkylation sites (N-methyl/N-ethyl adjacent to an activating group) is 1. The van der Waals surface area contributed by atoms with Gasteiger partial charge in [-0.15, -0.1) is 0 Å². The Balaban J connectivity index is 2.91. The fourth-order valence-corrected chi connectivity index (χ4v) is 1.57. The largest absolute Gasteiger partial charge is 0.489 e. The van der Waals surface area contributed by atoms with Gasteiger partial charge in [0.1, 0.15) is 17.9 Å². The number of nitrogens with one attached hydrogen (secondary N) is 1. The van der Waals surface area contributed by atoms with Gasteiger partial charge in [0.25, 0.3) is 5.69 Å². The lowest BCUT2D eigenvalue weighted by Crippen LogP contribution is -2.52. The van der Waals surface area contributed by atoms with Gasteiger partial charge in [-0.1, -0.05) is 11.6 Å². The molecular weight excluding hydrogens is 288 g/mol. The van der Waals surface area contributed by atoms with Crippen molar-refractivity contribution in [2.24, 2.45) is 0 Å². The Morgan fingerprint density at radius 3 is 2.70 bits per heavy atom. The lowest BCUT2D eigenvalue weighted by atomic mass is 10.1. The third-order valence-electron chi connectivity index (χ3n) is 2.83. The van der Waals surface area contributed by atoms with Crippen molar-refractivity contribution in [2.45, 2.75) is 12.5 Å². The van der Waals surface area contributed by atoms with E-state index in [1.54, 1.807) is 14.0 Å². The summed E-state index contributed by atoms with van der Waals surface area (Å²) in [5.41, 5.74) is -1.23. The second-order valence-electron chi connectivity index (χ2n) is 4.23. The minimum absolute atomic E-state index is 0.0862. The number of esters is 1. The van der Waals surface area contributed by atoms with Crippen molar-refractivity contribution in [3.05, 3.63) is 33.3 Å². The lowest BCUT2D eigenvalue weighted by molar-refractivity contribution is -0.384. The second kappa shape index (κ2) is 6.53. The minimum Gasteiger partial charge on any atom is -0.489 e. The molecule has 0 aliphatic heterocycles. The summed E-state index contributed by atoms with van der Waals surface area (Å²) >= 11 is 5.90. The number of hydrogen-bond donors (Lipinski definition) is 1. The first-order chi connectivity index (χ1) is 9.34. The minimum atomic E-state index is -1.08. The zero-order chi connectivity index (χ0) is 15.3. The highest BCUT2D eigenvalue weighted by Gasteiger charge is 2.34. The molecule has 1 aromatic carbocycles. The molecule has 7 nitrogen and oxygen atoms in total. The van der Waals surface area contributed by atoms with Crippen LogP contribution in [0.5, 0.6) is 5.75 Å². The van der Waals surface area contributed by atoms with E-state index < -0.39 is 16.4 Å². The van der Waals surface area contributed by atoms with Gasteiger partial charge < -0.3 is 14.8 Å². The van der Waals surface area contributed by atoms with Crippen molar-refractivity contribution < 1.29 is 19.2 Å². The number of nitro benzene ring substituents is 1. The number of methoxy groups -OCH3 is 1. The van der Waals surface area contributed by atoms with Gasteiger partial charge in [0.2, 0.25) is 0 Å². The van der Waals surface area contributed by atoms with Gasteiger partial charge in [-0.05, 0) is 20.0 Å². The van der Waals surface area contributed by atoms with Crippen LogP contribution < -0.4 is 10.1 Å². The summed E-state index contributed by atoms with van der Waals surface area (Å²) in [6.45, 7) is 1.50. The van der Waals surface area contributed by atoms with Crippen molar-refractivity contribution in [3.8, 4) is 5.75 Å². The summed E-state index contributed by atoms with van der Waals surface area (Å²) in [5, 5.41) is 13.7. The van der Waals surface area contributed by atoms with Gasteiger partial charge in [-0.25, -0.2) is 4.79 Å². The number of carbonyl (C=O) groups excluding carboxylic acids is 1. The Morgan fingerprint density at radius 1 is 1.55 bits per heavy atom. The van der Waals surface area contributed by atoms with E-state index in [1.165, 1.54) is 25.3 Å². The average Bonchev–Trinajstić information content (AvgIpc) is 2.44. The number of benzene rings is 1. The van der Waals surface area contributed by atoms with Crippen molar-refractivity contribution >= 4 is 23.3 Å². The van der Waals surface area contributed by atoms with Crippen LogP contribution in [-0.2, 0) is 9.53 Å². The molecular formula is C12H15ClN2O5. The number of rotatable bonds is 6. The highest BCUT2D eigenvalue weighted by molar-refractivity contribution is 6.32. The van der Waals surface area contributed by atoms with Gasteiger partial charge >= 0.3 is 5.97 Å². The maximum Gasteiger partial charge on any atom is 0.329 e. The van der Waals surface area contributed by atoms with E-state index in [2.05, 4.69) is 10.1 Å². The van der Waals surface area contributed by atoms with E-state index in [0.717, 1.165) is 0 Å². The van der Waals surface area contributed by atoms with Gasteiger partial charge in [0, 0.05) is 6.07 Å². The van der Waals surface area contributed by atoms with E-state index in [9.17, 15) is 14.9 Å². The van der Waals surface area contributed by atoms with E-state index >= 15 is 0 Å². The van der Waals surface area contributed by atoms with Crippen molar-refractivity contribution in [1.82, 2.24) is 5.32 Å². The third kappa shape index (κ3) is 3.58. The molecule has 0 radical (unpaired) electrons. The SMILES string of the molecule is CNC(C)(COc1cc([N+](=O)[O-])ccc1Cl)C(=O)OC. The molecule has 20 heavy (non-hydrogen) atoms. The summed E-state index contributed by atoms with van der Waals surface area (Å²) in [6, 6.07) is 3.84. The highest BCUT2D eigenvalue weighted by atomic mass is 35.5. The van der Waals surface area contributed by atoms with Gasteiger partial charge in [-0.2, -0.15) is 0 Å². The molecule has 0 spiro atoms. The Hall–Kier alpha value is -1.86. The maximum absolute atomic E-state index is 11.6. The van der Waals surface area contributed by atoms with Crippen molar-refractivity contribution in [3.63, 3.8) is 0 Å². The van der Waals surface area contributed by atoms with Crippen molar-refractivity contribution in [2.75, 3.05) is 20.8 Å². The van der Waals surface area contributed by atoms with Gasteiger partial charge in [0.15, 0.2) is 0 Å². The van der Waals surface area contributed by atoms with Crippen LogP contribution in [0.4, 0.5) is 5.69 Å². The fourth-order valence-electron chi connectivity index (χ4n) is 1.40. The van der Waals surface area contributed by atoms with Gasteiger partial charge in [0.05, 0.1) is 23.1 Å². The molecule has 1 aromatic rings. The van der Waals surface area contributed by atoms with Crippen LogP contribution in [0.2, 0.25) is 5.02 Å². The predicted octanol–water partition coefficient (Wildman–Crippen LogP) is 1.78. The molecule has 0 heterocycles. The summed E-state index contributed by atoms with van der Waals surface area (Å²) in [5.74, 6) is -0.382. The average molecular weight is 303 g/mol. The van der Waals surface area contributed by atoms with E-state index in [1.807, 2.05) is 0 Å². The fraction of sp³-hybridized carbons (Fsp3) is 0.417. The first-order valence-corrected chi connectivity index (χ1v) is 6.06. The predicted molar refractivity (Wildman–Crippen MR) is 73.1 cm³/mol. The molecule has 0 bridgehead atoms. The number of carbonyl (C=O) groups is 1. The first-order valence-electron chi connectivity index (χ1n) is 5.68. The Kier molecular flexibility index (Phi) is 5.29. The standard InChI is InChI=1S/C12H15ClN2O5/c1-12(14-2,11(16)19-3)7-20-10-6-8(15(17)18)4-5-9(10)13/h4-6,14H,7H2,1-3H3. The van der Waals surface area contributed by atoms with Crippen LogP contribution in [0.25, 0.3) is 0 Å². The number of ether oxygens (including phenoxy) is 2. The lowest BCUT2D eigenvalue weighted by Gasteiger charge is -2.26. The number of nitrogens with zero attached hydrogens (tertiary/aromatic N) is 1. The van der Waals surface area contributed by atoms with Crippen molar-refractivity contribution in [1.29, 1.82) is 0 Å². The molecule has 1 N–H and O–H groups in total. The number of halogens is 1. The number of hydrogen-bond acceptors (Lipinski definition) is 6. The quantitative estimate of drug-likeness (QED) is 0.489. The van der Waals surface area contributed by atoms with Crippen LogP contribution >= 0.6 is 11.6 Å². The molecule has 0 saturated heterocycles. The molecule has 110 valence electrons. The highest BCUT2D eigenvalue weighted by Crippen LogP contribution is 2.29. The van der Waals surface area contributed by atoms with Crippen LogP contribution in [0.15, 0.2) is 18.2 Å². The van der Waals surface area contributed by atoms with Crippen LogP contribution in [0, 0.1) is 10.1 Å². The monoisotopic (exact) mass is 302 g/mol. The molecule has 0 saturated carbocycles. The Bertz CT molecular complexity index is 523. The normalized spacial score (nSPS) is 13.4. The van der Waals surface area contributed by atoms with Crippen LogP contribution in [0.3, 0.4) is 0 Å². The summed E-state index contributed by atoms with van der Waals surface area (Å²) in [7, 11) is 2.84. The molecule has 0 aliphatic rings. The summed E-state index contributed by atoms with van der Waals surface area (Å²) in [4.78, 5) is 21.8. The van der Waals surface area contributed by atoms with Gasteiger partial charge in [-0.3, -0.25) is 10.1 Å². The molecule has 1 unspecified atom stereocenters. The molecule has 0 aliphatic carbocycles. The van der Waals surface area contributed by atoms with Crippen LogP contribution in [-0.4, -0.2) is 37.2 Å². The van der Waals surface area contributed by atoms with E-state index in [4.69, 9.17) is 16.3 Å². The first kappa shape index (κ1) is 16.2. The Morgan fingerprint density at radius 2 is 2.20 bits per heavy atom. The molecule has 0 fully saturated rings. The second-order valence-corrected chi connectivity index (χ2v) is 4.64. The smallest absolute Gasteiger partial charge is 0.329 e. The Labute approximate surface area is 121 Å². The number of nitro groups is 1. The molecule has 1 rings (SSSR count).